The number of rotatable bonds is 47. The number of Topliss-reactive ketones (excluding diaryl/α,β-unsaturated/α-hetero) is 2. The summed E-state index contributed by atoms with van der Waals surface area (Å²) < 4.78 is 84.3. The van der Waals surface area contributed by atoms with Crippen molar-refractivity contribution in [2.45, 2.75) is 172 Å². The largest absolute Gasteiger partial charge is 1.00 e. The van der Waals surface area contributed by atoms with Crippen molar-refractivity contribution < 1.29 is 185 Å². The fraction of sp³-hybridized carbons (Fsp3) is 0.574. The topological polar surface area (TPSA) is 581 Å². The molecule has 0 spiro atoms. The Morgan fingerprint density at radius 1 is 0.655 bits per heavy atom. The number of azide groups is 1. The van der Waals surface area contributed by atoms with Gasteiger partial charge in [-0.05, 0) is 114 Å². The predicted molar refractivity (Wildman–Crippen MR) is 426 cm³/mol. The Hall–Kier alpha value is -4.36. The zero-order valence-electron chi connectivity index (χ0n) is 66.1. The van der Waals surface area contributed by atoms with Crippen molar-refractivity contribution in [3.8, 4) is 12.3 Å². The molecule has 0 aliphatic carbocycles. The van der Waals surface area contributed by atoms with Crippen molar-refractivity contribution >= 4 is 84.7 Å². The molecule has 2 radical (unpaired) electrons. The van der Waals surface area contributed by atoms with E-state index in [4.69, 9.17) is 81.4 Å². The molecule has 5 aromatic rings. The summed E-state index contributed by atoms with van der Waals surface area (Å²) in [6.45, 7) is 27.5. The van der Waals surface area contributed by atoms with Gasteiger partial charge in [-0.2, -0.15) is 8.42 Å². The summed E-state index contributed by atoms with van der Waals surface area (Å²) in [6.07, 6.45) is 18.3. The van der Waals surface area contributed by atoms with Gasteiger partial charge in [0.05, 0.1) is 98.1 Å². The Morgan fingerprint density at radius 3 is 1.42 bits per heavy atom. The number of carbonyl (C=O) groups excluding carboxylic acids is 3. The molecule has 0 saturated carbocycles. The average molecular weight is 1830 g/mol. The molecule has 4 heterocycles. The quantitative estimate of drug-likeness (QED) is 0.00356. The fourth-order valence-corrected chi connectivity index (χ4v) is 30.2. The fourth-order valence-electron chi connectivity index (χ4n) is 9.39. The summed E-state index contributed by atoms with van der Waals surface area (Å²) in [6, 6.07) is 22.5. The molecule has 646 valence electrons. The number of hydrogen-bond donors (Lipinski definition) is 5. The number of benzene rings is 2. The van der Waals surface area contributed by atoms with E-state index >= 15 is 0 Å². The molecule has 113 heavy (non-hydrogen) atoms. The molecule has 0 amide bonds. The van der Waals surface area contributed by atoms with E-state index in [9.17, 15) is 19.5 Å². The van der Waals surface area contributed by atoms with Gasteiger partial charge in [-0.15, -0.1) is 17.4 Å². The normalized spacial score (nSPS) is 12.3. The van der Waals surface area contributed by atoms with Gasteiger partial charge in [0.15, 0.2) is 49.3 Å². The first kappa shape index (κ1) is 122. The number of hydrogen-bond acceptors (Lipinski definition) is 27. The van der Waals surface area contributed by atoms with Gasteiger partial charge in [0.2, 0.25) is 0 Å². The van der Waals surface area contributed by atoms with Gasteiger partial charge < -0.3 is 98.8 Å². The van der Waals surface area contributed by atoms with Gasteiger partial charge in [0, 0.05) is 124 Å². The summed E-state index contributed by atoms with van der Waals surface area (Å²) >= 11 is 3.31. The molecule has 0 saturated heterocycles. The minimum absolute atomic E-state index is 0. The molecule has 35 nitrogen and oxygen atoms in total. The number of thioether (sulfide) groups is 2. The van der Waals surface area contributed by atoms with Gasteiger partial charge in [0.25, 0.3) is 0 Å². The molecule has 2 aromatic carbocycles. The maximum absolute atomic E-state index is 11.2. The van der Waals surface area contributed by atoms with Gasteiger partial charge in [0.1, 0.15) is 23.8 Å². The number of ketones is 2. The summed E-state index contributed by atoms with van der Waals surface area (Å²) in [5.41, 5.74) is 13.4. The minimum atomic E-state index is -4.67. The second-order valence-corrected chi connectivity index (χ2v) is 47.4. The third-order valence-corrected chi connectivity index (χ3v) is 33.6. The summed E-state index contributed by atoms with van der Waals surface area (Å²) in [7, 11) is -11.9. The number of aromatic nitrogens is 7. The first-order valence-electron chi connectivity index (χ1n) is 34.2. The number of ether oxygens (including phenoxy) is 7. The molecule has 15 N–H and O–H groups in total. The molecule has 2 atom stereocenters. The standard InChI is InChI=1S/C31H49N5O5SSi2.C22H41N5O5SSi2.C9H8.C6H8O6.2Cu.Na.H2O4S.5H2O/c1-27(37)11-9-10-20-43(2,3)41-44(4,5)26-42-31-32-22-29(23-33-31)25-40-19-18-39-17-16-38-15-14-36-24-30(34-35-36)21-28-12-7-6-8-13-28;1-20(28)8-6-7-15-34(2,3)32-35(4,5)19-33-22-24-16-21(17-25-22)18-31-14-13-30-12-11-29-10-9-26-27-23;1-2-6-9-7-4-3-5-8-9;7-1-2(8)5-3(9)4(10)6(11)12-5;;;;1-5(2,3)4;;;;;/h6-8,12-13,22-24H,9-11,14-21,25-26H2,1-5H3;16-17H,6-15,18-19H2,1-5H3;1,3-5,7-8H,6H2;2,5,7-10H,1H2;;;;(H2,1,2,3,4);5*1H2/q;;;;;;+1;;;;;;/p-1/t;;;2-,5+;;;;;;;;;/m...0........./s1. The number of nitrogens with zero attached hydrogens (tertiary/aromatic N) is 10. The number of unbranched alkanes of at least 4 members (excludes halogenated alkanes) is 2. The van der Waals surface area contributed by atoms with E-state index in [-0.39, 0.29) is 103 Å². The maximum atomic E-state index is 11.2. The Bertz CT molecular complexity index is 3500. The first-order chi connectivity index (χ1) is 49.7. The monoisotopic (exact) mass is 1830 g/mol. The zero-order chi connectivity index (χ0) is 78.0. The van der Waals surface area contributed by atoms with E-state index in [0.29, 0.717) is 105 Å². The summed E-state index contributed by atoms with van der Waals surface area (Å²) in [4.78, 5) is 53.4. The van der Waals surface area contributed by atoms with Crippen LogP contribution < -0.4 is 34.7 Å². The molecule has 6 rings (SSSR count). The third kappa shape index (κ3) is 65.3. The Labute approximate surface area is 719 Å². The van der Waals surface area contributed by atoms with Crippen molar-refractivity contribution in [2.75, 3.05) is 90.0 Å². The molecular formula is C68H117Cu2N10NaO25S3Si4. The average Bonchev–Trinajstić information content (AvgIpc) is 1.11. The summed E-state index contributed by atoms with van der Waals surface area (Å²) in [5.74, 6) is -0.0840. The number of terminal acetylenes is 1. The van der Waals surface area contributed by atoms with Crippen LogP contribution in [0.5, 0.6) is 0 Å². The predicted octanol–water partition coefficient (Wildman–Crippen LogP) is 2.36. The number of cyclic esters (lactones) is 1. The zero-order valence-corrected chi connectivity index (χ0v) is 76.5. The van der Waals surface area contributed by atoms with E-state index in [1.165, 1.54) is 11.1 Å². The van der Waals surface area contributed by atoms with Crippen molar-refractivity contribution in [1.29, 1.82) is 0 Å². The molecule has 0 unspecified atom stereocenters. The third-order valence-electron chi connectivity index (χ3n) is 14.0. The molecule has 1 aliphatic heterocycles. The van der Waals surface area contributed by atoms with Crippen molar-refractivity contribution in [2.24, 2.45) is 5.11 Å². The van der Waals surface area contributed by atoms with Crippen LogP contribution in [0.1, 0.15) is 80.3 Å². The molecule has 45 heteroatoms. The Balaban J connectivity index is -0.000000288. The van der Waals surface area contributed by atoms with Crippen LogP contribution >= 0.6 is 23.5 Å². The Morgan fingerprint density at radius 2 is 1.04 bits per heavy atom. The summed E-state index contributed by atoms with van der Waals surface area (Å²) in [5, 5.41) is 51.9. The van der Waals surface area contributed by atoms with Crippen LogP contribution in [0.15, 0.2) is 119 Å². The van der Waals surface area contributed by atoms with E-state index < -0.39 is 80.0 Å². The second-order valence-electron chi connectivity index (χ2n) is 26.1. The van der Waals surface area contributed by atoms with Crippen LogP contribution in [0.2, 0.25) is 64.5 Å². The Kier molecular flexibility index (Phi) is 75.0. The SMILES string of the molecule is C#CCc1ccccc1.CC(=O)CCCC[Si](C)(C)O[Si](C)(C)CSc1ncc(COCCOCCOCCN=[N+]=[N-])cn1.CC(=O)CCCC[Si](C)(C)O[Si](C)(C)CSc1ncc(COCCOCCOCCn2cc(Cc3ccccc3)nn2)cn1.O.O.O.O.O.O=C1O[C@H]([C@@H](O)CO)C([O-])=C1O.O=S(=O)(O)O.[Cu].[Cu].[Na+]. The molecular weight excluding hydrogens is 1720 g/mol. The molecule has 0 bridgehead atoms. The van der Waals surface area contributed by atoms with Crippen LogP contribution in [0.25, 0.3) is 10.4 Å². The van der Waals surface area contributed by atoms with Crippen LogP contribution in [-0.4, -0.2) is 248 Å². The number of carbonyl (C=O) groups is 3. The van der Waals surface area contributed by atoms with Gasteiger partial charge in [-0.25, -0.2) is 29.4 Å². The molecule has 3 aromatic heterocycles. The van der Waals surface area contributed by atoms with Crippen LogP contribution in [0, 0.1) is 12.3 Å². The van der Waals surface area contributed by atoms with Crippen LogP contribution in [0.3, 0.4) is 0 Å². The maximum Gasteiger partial charge on any atom is 1.00 e. The van der Waals surface area contributed by atoms with E-state index in [2.05, 4.69) is 115 Å². The van der Waals surface area contributed by atoms with Gasteiger partial charge in [-0.3, -0.25) is 9.11 Å². The molecule has 1 aliphatic rings. The van der Waals surface area contributed by atoms with Crippen LogP contribution in [0.4, 0.5) is 0 Å². The van der Waals surface area contributed by atoms with Crippen molar-refractivity contribution in [1.82, 2.24) is 34.9 Å². The van der Waals surface area contributed by atoms with E-state index in [1.807, 2.05) is 71.8 Å². The van der Waals surface area contributed by atoms with Gasteiger partial charge >= 0.3 is 45.9 Å². The smallest absolute Gasteiger partial charge is 0.870 e. The van der Waals surface area contributed by atoms with Crippen LogP contribution in [-0.2, 0) is 133 Å². The van der Waals surface area contributed by atoms with E-state index in [0.717, 1.165) is 88.5 Å². The number of esters is 1. The first-order valence-corrected chi connectivity index (χ1v) is 50.0. The van der Waals surface area contributed by atoms with Gasteiger partial charge in [-0.1, -0.05) is 107 Å². The minimum Gasteiger partial charge on any atom is -0.870 e. The van der Waals surface area contributed by atoms with Crippen molar-refractivity contribution in [3.63, 3.8) is 0 Å². The van der Waals surface area contributed by atoms with Crippen molar-refractivity contribution in [3.05, 3.63) is 142 Å². The number of aliphatic hydroxyl groups excluding tert-OH is 3. The second kappa shape index (κ2) is 69.6. The van der Waals surface area contributed by atoms with E-state index in [1.54, 1.807) is 49.8 Å². The number of aliphatic hydroxyl groups is 3. The molecule has 0 fully saturated rings.